The third-order valence-corrected chi connectivity index (χ3v) is 4.97. The molecule has 0 radical (unpaired) electrons. The summed E-state index contributed by atoms with van der Waals surface area (Å²) >= 11 is 1.47. The Morgan fingerprint density at radius 1 is 1.17 bits per heavy atom. The number of aromatic nitrogens is 2. The summed E-state index contributed by atoms with van der Waals surface area (Å²) in [6.45, 7) is 1.20. The smallest absolute Gasteiger partial charge is 0.130 e. The van der Waals surface area contributed by atoms with E-state index in [1.165, 1.54) is 63.0 Å². The van der Waals surface area contributed by atoms with Crippen LogP contribution in [-0.2, 0) is 0 Å². The number of piperidine rings is 1. The molecule has 3 unspecified atom stereocenters. The fourth-order valence-electron chi connectivity index (χ4n) is 3.48. The maximum absolute atomic E-state index is 3.94. The predicted molar refractivity (Wildman–Crippen MR) is 74.9 cm³/mol. The fourth-order valence-corrected chi connectivity index (χ4v) is 3.96. The van der Waals surface area contributed by atoms with Gasteiger partial charge in [-0.25, -0.2) is 0 Å². The summed E-state index contributed by atoms with van der Waals surface area (Å²) in [4.78, 5) is 0. The topological polar surface area (TPSA) is 49.8 Å². The lowest BCUT2D eigenvalue weighted by Gasteiger charge is -2.39. The van der Waals surface area contributed by atoms with Gasteiger partial charge < -0.3 is 10.6 Å². The van der Waals surface area contributed by atoms with Crippen molar-refractivity contribution < 1.29 is 0 Å². The van der Waals surface area contributed by atoms with E-state index < -0.39 is 0 Å². The molecule has 1 saturated carbocycles. The number of anilines is 1. The van der Waals surface area contributed by atoms with Crippen LogP contribution in [0.4, 0.5) is 5.00 Å². The molecule has 2 N–H and O–H groups in total. The lowest BCUT2D eigenvalue weighted by atomic mass is 9.77. The zero-order valence-corrected chi connectivity index (χ0v) is 11.6. The predicted octanol–water partition coefficient (Wildman–Crippen LogP) is 2.65. The van der Waals surface area contributed by atoms with Crippen molar-refractivity contribution in [1.29, 1.82) is 0 Å². The first-order valence-electron chi connectivity index (χ1n) is 7.21. The summed E-state index contributed by atoms with van der Waals surface area (Å²) in [7, 11) is 0. The highest BCUT2D eigenvalue weighted by molar-refractivity contribution is 7.09. The van der Waals surface area contributed by atoms with Gasteiger partial charge in [0.15, 0.2) is 0 Å². The standard InChI is InChI=1S/C13H22N4S/c1-2-7-12(16-13-9-15-17-18-13)10(5-1)11-6-3-4-8-14-11/h9-12,14,16H,1-8H2. The van der Waals surface area contributed by atoms with Gasteiger partial charge in [-0.05, 0) is 38.1 Å². The first-order chi connectivity index (χ1) is 8.93. The van der Waals surface area contributed by atoms with Gasteiger partial charge in [0.1, 0.15) is 5.00 Å². The van der Waals surface area contributed by atoms with Crippen LogP contribution in [0, 0.1) is 5.92 Å². The van der Waals surface area contributed by atoms with Crippen LogP contribution in [0.3, 0.4) is 0 Å². The van der Waals surface area contributed by atoms with Crippen molar-refractivity contribution in [3.8, 4) is 0 Å². The van der Waals surface area contributed by atoms with Crippen LogP contribution >= 0.6 is 11.5 Å². The highest BCUT2D eigenvalue weighted by atomic mass is 32.1. The number of hydrogen-bond donors (Lipinski definition) is 2. The van der Waals surface area contributed by atoms with E-state index in [0.717, 1.165) is 17.0 Å². The molecule has 2 fully saturated rings. The van der Waals surface area contributed by atoms with Gasteiger partial charge in [0.25, 0.3) is 0 Å². The van der Waals surface area contributed by atoms with E-state index in [-0.39, 0.29) is 0 Å². The minimum absolute atomic E-state index is 0.608. The van der Waals surface area contributed by atoms with E-state index in [1.54, 1.807) is 0 Å². The van der Waals surface area contributed by atoms with Crippen molar-refractivity contribution in [2.45, 2.75) is 57.0 Å². The Kier molecular flexibility index (Phi) is 4.10. The number of nitrogens with zero attached hydrogens (tertiary/aromatic N) is 2. The highest BCUT2D eigenvalue weighted by Crippen LogP contribution is 2.32. The van der Waals surface area contributed by atoms with Gasteiger partial charge in [0, 0.05) is 23.6 Å². The molecule has 1 aliphatic heterocycles. The minimum atomic E-state index is 0.608. The van der Waals surface area contributed by atoms with Crippen LogP contribution in [0.2, 0.25) is 0 Å². The number of rotatable bonds is 3. The molecule has 1 aliphatic carbocycles. The molecule has 100 valence electrons. The molecule has 0 aromatic carbocycles. The van der Waals surface area contributed by atoms with E-state index in [9.17, 15) is 0 Å². The molecule has 1 aromatic rings. The van der Waals surface area contributed by atoms with Crippen LogP contribution in [0.15, 0.2) is 6.20 Å². The van der Waals surface area contributed by atoms with Gasteiger partial charge in [-0.3, -0.25) is 0 Å². The van der Waals surface area contributed by atoms with E-state index in [1.807, 2.05) is 6.20 Å². The summed E-state index contributed by atoms with van der Waals surface area (Å²) in [5, 5.41) is 12.4. The molecule has 1 saturated heterocycles. The van der Waals surface area contributed by atoms with Crippen molar-refractivity contribution in [3.05, 3.63) is 6.20 Å². The van der Waals surface area contributed by atoms with Gasteiger partial charge in [0.05, 0.1) is 6.20 Å². The Balaban J connectivity index is 1.65. The van der Waals surface area contributed by atoms with Crippen molar-refractivity contribution in [3.63, 3.8) is 0 Å². The van der Waals surface area contributed by atoms with Gasteiger partial charge in [-0.2, -0.15) is 0 Å². The molecule has 0 bridgehead atoms. The van der Waals surface area contributed by atoms with Crippen molar-refractivity contribution in [2.75, 3.05) is 11.9 Å². The van der Waals surface area contributed by atoms with E-state index in [0.29, 0.717) is 6.04 Å². The normalized spacial score (nSPS) is 33.2. The molecule has 0 spiro atoms. The monoisotopic (exact) mass is 266 g/mol. The van der Waals surface area contributed by atoms with E-state index in [4.69, 9.17) is 0 Å². The largest absolute Gasteiger partial charge is 0.371 e. The molecule has 2 heterocycles. The third-order valence-electron chi connectivity index (χ3n) is 4.37. The Hall–Kier alpha value is -0.680. The Labute approximate surface area is 113 Å². The highest BCUT2D eigenvalue weighted by Gasteiger charge is 2.32. The average Bonchev–Trinajstić information content (AvgIpc) is 2.93. The van der Waals surface area contributed by atoms with E-state index in [2.05, 4.69) is 20.2 Å². The zero-order valence-electron chi connectivity index (χ0n) is 10.8. The molecule has 1 aromatic heterocycles. The zero-order chi connectivity index (χ0) is 12.2. The van der Waals surface area contributed by atoms with Crippen molar-refractivity contribution in [1.82, 2.24) is 14.9 Å². The van der Waals surface area contributed by atoms with Crippen LogP contribution in [0.5, 0.6) is 0 Å². The Bertz CT molecular complexity index is 348. The summed E-state index contributed by atoms with van der Waals surface area (Å²) in [6.07, 6.45) is 11.3. The summed E-state index contributed by atoms with van der Waals surface area (Å²) in [6, 6.07) is 1.33. The Morgan fingerprint density at radius 2 is 2.06 bits per heavy atom. The first-order valence-corrected chi connectivity index (χ1v) is 7.98. The van der Waals surface area contributed by atoms with Crippen LogP contribution < -0.4 is 10.6 Å². The second kappa shape index (κ2) is 5.97. The van der Waals surface area contributed by atoms with Crippen molar-refractivity contribution >= 4 is 16.5 Å². The van der Waals surface area contributed by atoms with Crippen LogP contribution in [0.1, 0.15) is 44.9 Å². The van der Waals surface area contributed by atoms with Crippen LogP contribution in [0.25, 0.3) is 0 Å². The molecule has 18 heavy (non-hydrogen) atoms. The van der Waals surface area contributed by atoms with Crippen molar-refractivity contribution in [2.24, 2.45) is 5.92 Å². The Morgan fingerprint density at radius 3 is 2.83 bits per heavy atom. The molecule has 5 heteroatoms. The lowest BCUT2D eigenvalue weighted by Crippen LogP contribution is -2.48. The van der Waals surface area contributed by atoms with E-state index >= 15 is 0 Å². The summed E-state index contributed by atoms with van der Waals surface area (Å²) in [5.74, 6) is 0.779. The molecule has 3 rings (SSSR count). The lowest BCUT2D eigenvalue weighted by molar-refractivity contribution is 0.217. The van der Waals surface area contributed by atoms with Gasteiger partial charge in [-0.1, -0.05) is 23.8 Å². The maximum Gasteiger partial charge on any atom is 0.130 e. The second-order valence-corrected chi connectivity index (χ2v) is 6.32. The van der Waals surface area contributed by atoms with Gasteiger partial charge >= 0.3 is 0 Å². The number of nitrogens with one attached hydrogen (secondary N) is 2. The van der Waals surface area contributed by atoms with Gasteiger partial charge in [0.2, 0.25) is 0 Å². The summed E-state index contributed by atoms with van der Waals surface area (Å²) < 4.78 is 3.94. The van der Waals surface area contributed by atoms with Gasteiger partial charge in [-0.15, -0.1) is 5.10 Å². The molecule has 2 aliphatic rings. The molecule has 0 amide bonds. The quantitative estimate of drug-likeness (QED) is 0.883. The average molecular weight is 266 g/mol. The SMILES string of the molecule is c1nnsc1NC1CCCCC1C1CCCCN1. The fraction of sp³-hybridized carbons (Fsp3) is 0.846. The minimum Gasteiger partial charge on any atom is -0.371 e. The maximum atomic E-state index is 3.94. The molecule has 4 nitrogen and oxygen atoms in total. The number of hydrogen-bond acceptors (Lipinski definition) is 5. The molecule has 3 atom stereocenters. The molecular formula is C13H22N4S. The molecular weight excluding hydrogens is 244 g/mol. The second-order valence-electron chi connectivity index (χ2n) is 5.54. The first kappa shape index (κ1) is 12.4. The third kappa shape index (κ3) is 2.83. The summed E-state index contributed by atoms with van der Waals surface area (Å²) in [5.41, 5.74) is 0. The van der Waals surface area contributed by atoms with Crippen LogP contribution in [-0.4, -0.2) is 28.2 Å².